The van der Waals surface area contributed by atoms with Gasteiger partial charge in [-0.15, -0.1) is 0 Å². The van der Waals surface area contributed by atoms with Gasteiger partial charge in [0.1, 0.15) is 0 Å². The summed E-state index contributed by atoms with van der Waals surface area (Å²) in [6.45, 7) is 0. The number of nitrogens with one attached hydrogen (secondary N) is 1. The van der Waals surface area contributed by atoms with Crippen LogP contribution in [0.4, 0.5) is 0 Å². The minimum atomic E-state index is -1.07. The molecule has 1 atom stereocenters. The molecular formula is C15H12ClNO2. The molecule has 0 saturated heterocycles. The zero-order valence-electron chi connectivity index (χ0n) is 10.0. The van der Waals surface area contributed by atoms with Gasteiger partial charge in [0.15, 0.2) is 11.3 Å². The van der Waals surface area contributed by atoms with Crippen molar-refractivity contribution in [2.75, 3.05) is 0 Å². The molecule has 0 aliphatic heterocycles. The number of amides is 1. The van der Waals surface area contributed by atoms with Gasteiger partial charge in [-0.2, -0.15) is 0 Å². The van der Waals surface area contributed by atoms with Crippen molar-refractivity contribution in [2.24, 2.45) is 0 Å². The third kappa shape index (κ3) is 3.42. The van der Waals surface area contributed by atoms with Crippen molar-refractivity contribution >= 4 is 23.3 Å². The summed E-state index contributed by atoms with van der Waals surface area (Å²) >= 11 is 5.93. The third-order valence-electron chi connectivity index (χ3n) is 2.58. The quantitative estimate of drug-likeness (QED) is 0.529. The van der Waals surface area contributed by atoms with E-state index >= 15 is 0 Å². The smallest absolute Gasteiger partial charge is 0.252 e. The van der Waals surface area contributed by atoms with Crippen molar-refractivity contribution in [1.29, 1.82) is 0 Å². The highest BCUT2D eigenvalue weighted by Crippen LogP contribution is 2.07. The molecule has 1 N–H and O–H groups in total. The molecule has 0 aliphatic carbocycles. The van der Waals surface area contributed by atoms with Gasteiger partial charge in [-0.25, -0.2) is 0 Å². The maximum atomic E-state index is 12.0. The van der Waals surface area contributed by atoms with Crippen molar-refractivity contribution in [3.05, 3.63) is 71.8 Å². The van der Waals surface area contributed by atoms with Crippen LogP contribution in [0.5, 0.6) is 0 Å². The van der Waals surface area contributed by atoms with Crippen LogP contribution in [0.2, 0.25) is 0 Å². The van der Waals surface area contributed by atoms with Gasteiger partial charge in [-0.05, 0) is 12.1 Å². The lowest BCUT2D eigenvalue weighted by molar-refractivity contribution is 0.0889. The molecule has 2 aromatic rings. The van der Waals surface area contributed by atoms with Gasteiger partial charge in [0.25, 0.3) is 5.91 Å². The minimum absolute atomic E-state index is 0.327. The molecule has 19 heavy (non-hydrogen) atoms. The second-order valence-electron chi connectivity index (χ2n) is 3.93. The molecule has 0 aromatic heterocycles. The Bertz CT molecular complexity index is 569. The predicted molar refractivity (Wildman–Crippen MR) is 74.3 cm³/mol. The fourth-order valence-corrected chi connectivity index (χ4v) is 1.83. The average Bonchev–Trinajstić information content (AvgIpc) is 2.48. The molecule has 0 radical (unpaired) electrons. The molecule has 1 amide bonds. The Morgan fingerprint density at radius 3 is 1.84 bits per heavy atom. The third-order valence-corrected chi connectivity index (χ3v) is 2.89. The molecule has 2 rings (SSSR count). The molecule has 4 heteroatoms. The van der Waals surface area contributed by atoms with E-state index in [1.165, 1.54) is 0 Å². The van der Waals surface area contributed by atoms with Crippen molar-refractivity contribution < 1.29 is 9.59 Å². The van der Waals surface area contributed by atoms with Crippen LogP contribution in [0.15, 0.2) is 60.7 Å². The lowest BCUT2D eigenvalue weighted by atomic mass is 10.1. The highest BCUT2D eigenvalue weighted by atomic mass is 35.5. The number of hydrogen-bond donors (Lipinski definition) is 1. The van der Waals surface area contributed by atoms with Gasteiger partial charge in [0.2, 0.25) is 0 Å². The molecule has 0 aliphatic rings. The largest absolute Gasteiger partial charge is 0.329 e. The van der Waals surface area contributed by atoms with E-state index < -0.39 is 5.50 Å². The first-order valence-electron chi connectivity index (χ1n) is 5.78. The van der Waals surface area contributed by atoms with Crippen LogP contribution in [0.25, 0.3) is 0 Å². The highest BCUT2D eigenvalue weighted by Gasteiger charge is 2.19. The van der Waals surface area contributed by atoms with Crippen molar-refractivity contribution in [2.45, 2.75) is 5.50 Å². The van der Waals surface area contributed by atoms with Gasteiger partial charge in [-0.3, -0.25) is 9.59 Å². The van der Waals surface area contributed by atoms with Gasteiger partial charge >= 0.3 is 0 Å². The molecule has 2 aromatic carbocycles. The van der Waals surface area contributed by atoms with E-state index in [-0.39, 0.29) is 11.7 Å². The van der Waals surface area contributed by atoms with Crippen LogP contribution >= 0.6 is 11.6 Å². The fraction of sp³-hybridized carbons (Fsp3) is 0.0667. The molecule has 0 unspecified atom stereocenters. The van der Waals surface area contributed by atoms with E-state index in [4.69, 9.17) is 11.6 Å². The first-order valence-corrected chi connectivity index (χ1v) is 6.21. The standard InChI is InChI=1S/C15H12ClNO2/c16-14(13(18)11-7-3-1-4-8-11)17-15(19)12-9-5-2-6-10-12/h1-10,14H,(H,17,19)/t14-/m0/s1. The van der Waals surface area contributed by atoms with E-state index in [9.17, 15) is 9.59 Å². The molecule has 0 saturated carbocycles. The zero-order chi connectivity index (χ0) is 13.7. The lowest BCUT2D eigenvalue weighted by Gasteiger charge is -2.11. The molecule has 0 heterocycles. The number of halogens is 1. The van der Waals surface area contributed by atoms with Crippen molar-refractivity contribution in [1.82, 2.24) is 5.32 Å². The Morgan fingerprint density at radius 2 is 1.32 bits per heavy atom. The second-order valence-corrected chi connectivity index (χ2v) is 4.37. The summed E-state index contributed by atoms with van der Waals surface area (Å²) in [6.07, 6.45) is 0. The summed E-state index contributed by atoms with van der Waals surface area (Å²) < 4.78 is 0. The first-order chi connectivity index (χ1) is 9.18. The van der Waals surface area contributed by atoms with Crippen molar-refractivity contribution in [3.8, 4) is 0 Å². The van der Waals surface area contributed by atoms with Gasteiger partial charge in [0.05, 0.1) is 0 Å². The fourth-order valence-electron chi connectivity index (χ4n) is 1.60. The molecule has 0 fully saturated rings. The Kier molecular flexibility index (Phi) is 4.31. The molecule has 0 bridgehead atoms. The van der Waals surface area contributed by atoms with Crippen LogP contribution < -0.4 is 5.32 Å². The topological polar surface area (TPSA) is 46.2 Å². The van der Waals surface area contributed by atoms with Gasteiger partial charge in [0, 0.05) is 11.1 Å². The summed E-state index contributed by atoms with van der Waals surface area (Å²) in [5.74, 6) is -0.698. The number of ketones is 1. The summed E-state index contributed by atoms with van der Waals surface area (Å²) in [5, 5.41) is 2.47. The Hall–Kier alpha value is -2.13. The number of carbonyl (C=O) groups is 2. The van der Waals surface area contributed by atoms with E-state index in [2.05, 4.69) is 5.32 Å². The van der Waals surface area contributed by atoms with E-state index in [1.54, 1.807) is 48.5 Å². The van der Waals surface area contributed by atoms with Crippen LogP contribution in [0.3, 0.4) is 0 Å². The number of Topliss-reactive ketones (excluding diaryl/α,β-unsaturated/α-hetero) is 1. The Labute approximate surface area is 116 Å². The maximum absolute atomic E-state index is 12.0. The molecular weight excluding hydrogens is 262 g/mol. The minimum Gasteiger partial charge on any atom is -0.329 e. The van der Waals surface area contributed by atoms with Crippen molar-refractivity contribution in [3.63, 3.8) is 0 Å². The summed E-state index contributed by atoms with van der Waals surface area (Å²) in [4.78, 5) is 23.8. The predicted octanol–water partition coefficient (Wildman–Crippen LogP) is 2.86. The summed E-state index contributed by atoms with van der Waals surface area (Å²) in [5.41, 5.74) is -0.139. The van der Waals surface area contributed by atoms with Gasteiger partial charge < -0.3 is 5.32 Å². The number of rotatable bonds is 4. The molecule has 3 nitrogen and oxygen atoms in total. The van der Waals surface area contributed by atoms with E-state index in [1.807, 2.05) is 12.1 Å². The lowest BCUT2D eigenvalue weighted by Crippen LogP contribution is -2.36. The summed E-state index contributed by atoms with van der Waals surface area (Å²) in [7, 11) is 0. The molecule has 96 valence electrons. The van der Waals surface area contributed by atoms with Crippen LogP contribution in [0.1, 0.15) is 20.7 Å². The van der Waals surface area contributed by atoms with Gasteiger partial charge in [-0.1, -0.05) is 60.1 Å². The Balaban J connectivity index is 2.04. The van der Waals surface area contributed by atoms with Crippen LogP contribution in [0, 0.1) is 0 Å². The number of benzene rings is 2. The number of alkyl halides is 1. The zero-order valence-corrected chi connectivity index (χ0v) is 10.8. The SMILES string of the molecule is O=C(N[C@H](Cl)C(=O)c1ccccc1)c1ccccc1. The van der Waals surface area contributed by atoms with Crippen LogP contribution in [-0.2, 0) is 0 Å². The van der Waals surface area contributed by atoms with Crippen LogP contribution in [-0.4, -0.2) is 17.2 Å². The maximum Gasteiger partial charge on any atom is 0.252 e. The molecule has 0 spiro atoms. The van der Waals surface area contributed by atoms with E-state index in [0.717, 1.165) is 0 Å². The Morgan fingerprint density at radius 1 is 0.842 bits per heavy atom. The van der Waals surface area contributed by atoms with E-state index in [0.29, 0.717) is 11.1 Å². The monoisotopic (exact) mass is 273 g/mol. The second kappa shape index (κ2) is 6.16. The normalized spacial score (nSPS) is 11.6. The first kappa shape index (κ1) is 13.3. The summed E-state index contributed by atoms with van der Waals surface area (Å²) in [6, 6.07) is 17.2. The average molecular weight is 274 g/mol. The highest BCUT2D eigenvalue weighted by molar-refractivity contribution is 6.34. The number of carbonyl (C=O) groups excluding carboxylic acids is 2. The number of hydrogen-bond acceptors (Lipinski definition) is 2.